The molecule has 0 aromatic heterocycles. The van der Waals surface area contributed by atoms with Gasteiger partial charge in [0.1, 0.15) is 0 Å². The molecule has 0 N–H and O–H groups in total. The molecule has 1 aliphatic carbocycles. The van der Waals surface area contributed by atoms with Gasteiger partial charge in [-0.2, -0.15) is 0 Å². The molecular formula is C20H23Br. The monoisotopic (exact) mass is 342 g/mol. The van der Waals surface area contributed by atoms with E-state index < -0.39 is 0 Å². The van der Waals surface area contributed by atoms with Crippen molar-refractivity contribution in [2.75, 3.05) is 0 Å². The van der Waals surface area contributed by atoms with E-state index in [2.05, 4.69) is 59.3 Å². The van der Waals surface area contributed by atoms with E-state index in [1.807, 2.05) is 0 Å². The van der Waals surface area contributed by atoms with Gasteiger partial charge in [-0.3, -0.25) is 0 Å². The number of benzene rings is 2. The molecule has 1 aliphatic rings. The Morgan fingerprint density at radius 3 is 2.38 bits per heavy atom. The van der Waals surface area contributed by atoms with Crippen LogP contribution in [-0.2, 0) is 12.8 Å². The van der Waals surface area contributed by atoms with Crippen LogP contribution in [0.5, 0.6) is 0 Å². The Hall–Kier alpha value is -1.08. The molecule has 0 bridgehead atoms. The molecule has 0 saturated heterocycles. The first-order chi connectivity index (χ1) is 10.3. The average Bonchev–Trinajstić information content (AvgIpc) is 2.83. The summed E-state index contributed by atoms with van der Waals surface area (Å²) in [6.45, 7) is 2.27. The van der Waals surface area contributed by atoms with Gasteiger partial charge in [-0.05, 0) is 59.2 Å². The topological polar surface area (TPSA) is 0 Å². The smallest absolute Gasteiger partial charge is 0.0178 e. The van der Waals surface area contributed by atoms with Crippen molar-refractivity contribution in [1.82, 2.24) is 0 Å². The third-order valence-corrected chi connectivity index (χ3v) is 4.97. The normalized spacial score (nSPS) is 12.3. The minimum Gasteiger partial charge on any atom is -0.0654 e. The van der Waals surface area contributed by atoms with Crippen molar-refractivity contribution in [1.29, 1.82) is 0 Å². The first kappa shape index (κ1) is 14.8. The van der Waals surface area contributed by atoms with Gasteiger partial charge in [0.2, 0.25) is 0 Å². The van der Waals surface area contributed by atoms with Gasteiger partial charge in [0.05, 0.1) is 0 Å². The summed E-state index contributed by atoms with van der Waals surface area (Å²) in [4.78, 5) is 0. The van der Waals surface area contributed by atoms with E-state index >= 15 is 0 Å². The second-order valence-corrected chi connectivity index (χ2v) is 7.05. The predicted octanol–water partition coefficient (Wildman–Crippen LogP) is 6.53. The number of unbranched alkanes of at least 4 members (excludes halogenated alkanes) is 4. The highest BCUT2D eigenvalue weighted by molar-refractivity contribution is 9.10. The molecule has 0 aliphatic heterocycles. The average molecular weight is 343 g/mol. The summed E-state index contributed by atoms with van der Waals surface area (Å²) < 4.78 is 1.19. The number of fused-ring (bicyclic) bond motifs is 3. The second-order valence-electron chi connectivity index (χ2n) is 6.13. The van der Waals surface area contributed by atoms with Crippen LogP contribution in [0.2, 0.25) is 0 Å². The zero-order valence-corrected chi connectivity index (χ0v) is 14.4. The molecule has 2 aromatic rings. The minimum absolute atomic E-state index is 1.09. The lowest BCUT2D eigenvalue weighted by atomic mass is 10.00. The molecule has 0 nitrogen and oxygen atoms in total. The summed E-state index contributed by atoms with van der Waals surface area (Å²) in [7, 11) is 0. The molecule has 0 atom stereocenters. The summed E-state index contributed by atoms with van der Waals surface area (Å²) in [5.74, 6) is 0. The number of halogens is 1. The predicted molar refractivity (Wildman–Crippen MR) is 94.8 cm³/mol. The first-order valence-corrected chi connectivity index (χ1v) is 8.98. The molecule has 1 heteroatoms. The van der Waals surface area contributed by atoms with Gasteiger partial charge in [0.15, 0.2) is 0 Å². The molecule has 0 unspecified atom stereocenters. The lowest BCUT2D eigenvalue weighted by molar-refractivity contribution is 0.632. The van der Waals surface area contributed by atoms with E-state index in [-0.39, 0.29) is 0 Å². The van der Waals surface area contributed by atoms with Crippen LogP contribution in [0, 0.1) is 0 Å². The summed E-state index contributed by atoms with van der Waals surface area (Å²) in [6, 6.07) is 13.8. The minimum atomic E-state index is 1.09. The Morgan fingerprint density at radius 2 is 1.57 bits per heavy atom. The Bertz CT molecular complexity index is 628. The largest absolute Gasteiger partial charge is 0.0654 e. The van der Waals surface area contributed by atoms with Crippen molar-refractivity contribution in [2.24, 2.45) is 0 Å². The maximum atomic E-state index is 3.58. The van der Waals surface area contributed by atoms with Gasteiger partial charge in [-0.15, -0.1) is 0 Å². The van der Waals surface area contributed by atoms with Gasteiger partial charge >= 0.3 is 0 Å². The Labute approximate surface area is 136 Å². The molecule has 21 heavy (non-hydrogen) atoms. The summed E-state index contributed by atoms with van der Waals surface area (Å²) in [5.41, 5.74) is 7.33. The van der Waals surface area contributed by atoms with E-state index in [0.717, 1.165) is 6.42 Å². The maximum Gasteiger partial charge on any atom is 0.0178 e. The van der Waals surface area contributed by atoms with E-state index in [9.17, 15) is 0 Å². The standard InChI is InChI=1S/C20H23Br/c1-2-3-4-5-6-7-15-8-10-19-16(12-15)13-17-14-18(21)9-11-20(17)19/h8-12,14H,2-7,13H2,1H3. The van der Waals surface area contributed by atoms with Crippen LogP contribution < -0.4 is 0 Å². The van der Waals surface area contributed by atoms with Crippen LogP contribution in [0.3, 0.4) is 0 Å². The summed E-state index contributed by atoms with van der Waals surface area (Å²) in [5, 5.41) is 0. The van der Waals surface area contributed by atoms with Gasteiger partial charge in [0.25, 0.3) is 0 Å². The first-order valence-electron chi connectivity index (χ1n) is 8.18. The number of hydrogen-bond acceptors (Lipinski definition) is 0. The fourth-order valence-electron chi connectivity index (χ4n) is 3.32. The zero-order valence-electron chi connectivity index (χ0n) is 12.8. The van der Waals surface area contributed by atoms with Crippen LogP contribution in [-0.4, -0.2) is 0 Å². The van der Waals surface area contributed by atoms with Crippen LogP contribution in [0.1, 0.15) is 55.7 Å². The van der Waals surface area contributed by atoms with Gasteiger partial charge < -0.3 is 0 Å². The fourth-order valence-corrected chi connectivity index (χ4v) is 3.73. The van der Waals surface area contributed by atoms with Crippen molar-refractivity contribution in [3.63, 3.8) is 0 Å². The van der Waals surface area contributed by atoms with Crippen molar-refractivity contribution < 1.29 is 0 Å². The van der Waals surface area contributed by atoms with Crippen molar-refractivity contribution in [3.05, 3.63) is 57.6 Å². The quantitative estimate of drug-likeness (QED) is 0.446. The second kappa shape index (κ2) is 6.79. The van der Waals surface area contributed by atoms with Crippen molar-refractivity contribution in [3.8, 4) is 11.1 Å². The number of rotatable bonds is 6. The fraction of sp³-hybridized carbons (Fsp3) is 0.400. The van der Waals surface area contributed by atoms with E-state index in [1.165, 1.54) is 70.8 Å². The Morgan fingerprint density at radius 1 is 0.857 bits per heavy atom. The van der Waals surface area contributed by atoms with Crippen LogP contribution in [0.25, 0.3) is 11.1 Å². The molecular weight excluding hydrogens is 320 g/mol. The molecule has 0 heterocycles. The molecule has 3 rings (SSSR count). The third-order valence-electron chi connectivity index (χ3n) is 4.48. The van der Waals surface area contributed by atoms with Crippen LogP contribution in [0.4, 0.5) is 0 Å². The Kier molecular flexibility index (Phi) is 4.80. The lowest BCUT2D eigenvalue weighted by Gasteiger charge is -2.05. The molecule has 0 amide bonds. The van der Waals surface area contributed by atoms with Crippen LogP contribution in [0.15, 0.2) is 40.9 Å². The molecule has 0 saturated carbocycles. The molecule has 110 valence electrons. The van der Waals surface area contributed by atoms with E-state index in [4.69, 9.17) is 0 Å². The van der Waals surface area contributed by atoms with Gasteiger partial charge in [-0.1, -0.05) is 72.8 Å². The highest BCUT2D eigenvalue weighted by Crippen LogP contribution is 2.38. The number of aryl methyl sites for hydroxylation is 1. The maximum absolute atomic E-state index is 3.58. The van der Waals surface area contributed by atoms with Crippen molar-refractivity contribution >= 4 is 15.9 Å². The number of hydrogen-bond donors (Lipinski definition) is 0. The highest BCUT2D eigenvalue weighted by atomic mass is 79.9. The Balaban J connectivity index is 1.67. The SMILES string of the molecule is CCCCCCCc1ccc2c(c1)Cc1cc(Br)ccc1-2. The summed E-state index contributed by atoms with van der Waals surface area (Å²) >= 11 is 3.58. The van der Waals surface area contributed by atoms with Gasteiger partial charge in [0, 0.05) is 4.47 Å². The third kappa shape index (κ3) is 3.40. The van der Waals surface area contributed by atoms with E-state index in [0.29, 0.717) is 0 Å². The summed E-state index contributed by atoms with van der Waals surface area (Å²) in [6.07, 6.45) is 9.13. The van der Waals surface area contributed by atoms with Gasteiger partial charge in [-0.25, -0.2) is 0 Å². The molecule has 0 spiro atoms. The zero-order chi connectivity index (χ0) is 14.7. The van der Waals surface area contributed by atoms with Crippen LogP contribution >= 0.6 is 15.9 Å². The molecule has 2 aromatic carbocycles. The van der Waals surface area contributed by atoms with Crippen molar-refractivity contribution in [2.45, 2.75) is 51.9 Å². The van der Waals surface area contributed by atoms with E-state index in [1.54, 1.807) is 0 Å². The lowest BCUT2D eigenvalue weighted by Crippen LogP contribution is -1.89. The highest BCUT2D eigenvalue weighted by Gasteiger charge is 2.18. The molecule has 0 radical (unpaired) electrons. The molecule has 0 fully saturated rings.